The molecule has 0 amide bonds. The highest BCUT2D eigenvalue weighted by molar-refractivity contribution is 6.14. The molecule has 0 aliphatic rings. The second-order valence-electron chi connectivity index (χ2n) is 21.7. The van der Waals surface area contributed by atoms with Crippen molar-refractivity contribution in [3.8, 4) is 145 Å². The average Bonchev–Trinajstić information content (AvgIpc) is 1.55. The molecule has 3 heterocycles. The quantitative estimate of drug-likeness (QED) is 0.131. The van der Waals surface area contributed by atoms with Crippen LogP contribution in [0.5, 0.6) is 0 Å². The van der Waals surface area contributed by atoms with Crippen molar-refractivity contribution in [2.75, 3.05) is 0 Å². The van der Waals surface area contributed by atoms with Crippen LogP contribution in [-0.4, -0.2) is 24.1 Å². The predicted octanol–water partition coefficient (Wildman–Crippen LogP) is 16.6. The number of nitriles is 9. The van der Waals surface area contributed by atoms with Crippen molar-refractivity contribution in [1.29, 1.82) is 47.4 Å². The second-order valence-corrected chi connectivity index (χ2v) is 21.7. The molecule has 0 aliphatic carbocycles. The molecule has 92 heavy (non-hydrogen) atoms. The van der Waals surface area contributed by atoms with Gasteiger partial charge in [-0.15, -0.1) is 0 Å². The summed E-state index contributed by atoms with van der Waals surface area (Å²) in [6.45, 7) is 0. The van der Waals surface area contributed by atoms with Gasteiger partial charge in [-0.1, -0.05) is 84.9 Å². The summed E-state index contributed by atoms with van der Waals surface area (Å²) >= 11 is 0. The number of benzene rings is 11. The first-order valence-electron chi connectivity index (χ1n) is 28.6. The number of hydrogen-bond donors (Lipinski definition) is 0. The smallest absolute Gasteiger partial charge is 0.165 e. The third-order valence-electron chi connectivity index (χ3n) is 16.3. The summed E-state index contributed by atoms with van der Waals surface area (Å²) in [5.41, 5.74) is 13.8. The van der Waals surface area contributed by atoms with Gasteiger partial charge in [-0.3, -0.25) is 0 Å². The molecule has 0 fully saturated rings. The molecule has 0 bridgehead atoms. The van der Waals surface area contributed by atoms with Crippen LogP contribution in [0.1, 0.15) is 50.1 Å². The first kappa shape index (κ1) is 55.3. The third-order valence-corrected chi connectivity index (χ3v) is 16.3. The second kappa shape index (κ2) is 22.7. The molecule has 0 saturated heterocycles. The molecule has 14 heteroatoms. The molecule has 0 aliphatic heterocycles. The summed E-state index contributed by atoms with van der Waals surface area (Å²) in [6, 6.07) is 86.6. The number of rotatable bonds is 9. The molecular formula is C78H36N14. The largest absolute Gasteiger partial charge is 0.307 e. The van der Waals surface area contributed by atoms with Crippen LogP contribution in [0.15, 0.2) is 218 Å². The minimum Gasteiger partial charge on any atom is -0.307 e. The van der Waals surface area contributed by atoms with Crippen LogP contribution in [0.4, 0.5) is 0 Å². The van der Waals surface area contributed by atoms with Crippen LogP contribution in [0, 0.1) is 102 Å². The Morgan fingerprint density at radius 1 is 0.228 bits per heavy atom. The van der Waals surface area contributed by atoms with Crippen molar-refractivity contribution < 1.29 is 0 Å². The minimum atomic E-state index is 0.215. The van der Waals surface area contributed by atoms with E-state index < -0.39 is 0 Å². The summed E-state index contributed by atoms with van der Waals surface area (Å²) in [6.07, 6.45) is 0. The molecule has 0 unspecified atom stereocenters. The lowest BCUT2D eigenvalue weighted by molar-refractivity contribution is 1.06. The van der Waals surface area contributed by atoms with Crippen molar-refractivity contribution in [3.05, 3.63) is 268 Å². The lowest BCUT2D eigenvalue weighted by Crippen LogP contribution is -2.07. The van der Waals surface area contributed by atoms with E-state index in [0.29, 0.717) is 140 Å². The highest BCUT2D eigenvalue weighted by Gasteiger charge is 2.26. The van der Waals surface area contributed by atoms with Gasteiger partial charge in [-0.25, -0.2) is 15.0 Å². The fraction of sp³-hybridized carbons (Fsp3) is 0. The summed E-state index contributed by atoms with van der Waals surface area (Å²) in [4.78, 5) is 15.3. The standard InChI is InChI=1S/C78H36N14/c79-37-46-19-47(38-80)24-60(23-46)56-11-15-70-66(31-56)67-32-57(61-25-48(39-81)20-49(26-61)40-82)12-16-71(67)91(70)74-35-64(45-87)65(78-89-76(54-7-3-1-4-8-54)88-77(90-78)55-9-5-2-6-10-55)36-75(74)92-72-17-13-58(62-27-50(41-83)21-51(28-62)42-84)33-68(72)69-34-59(14-18-73(69)92)63-29-52(43-85)22-53(30-63)44-86/h1-36H. The Bertz CT molecular complexity index is 5500. The summed E-state index contributed by atoms with van der Waals surface area (Å²) in [5.74, 6) is 0.964. The van der Waals surface area contributed by atoms with Gasteiger partial charge in [0.05, 0.1) is 138 Å². The minimum absolute atomic E-state index is 0.215. The molecule has 11 aromatic carbocycles. The van der Waals surface area contributed by atoms with Crippen molar-refractivity contribution in [2.45, 2.75) is 0 Å². The first-order valence-corrected chi connectivity index (χ1v) is 28.6. The fourth-order valence-corrected chi connectivity index (χ4v) is 12.1. The van der Waals surface area contributed by atoms with Crippen molar-refractivity contribution >= 4 is 43.6 Å². The number of fused-ring (bicyclic) bond motifs is 6. The van der Waals surface area contributed by atoms with E-state index in [9.17, 15) is 47.4 Å². The molecule has 0 N–H and O–H groups in total. The van der Waals surface area contributed by atoms with Gasteiger partial charge >= 0.3 is 0 Å². The van der Waals surface area contributed by atoms with E-state index in [0.717, 1.165) is 32.7 Å². The van der Waals surface area contributed by atoms with E-state index in [2.05, 4.69) is 63.8 Å². The van der Waals surface area contributed by atoms with Gasteiger partial charge < -0.3 is 9.13 Å². The lowest BCUT2D eigenvalue weighted by atomic mass is 9.97. The van der Waals surface area contributed by atoms with Gasteiger partial charge in [-0.2, -0.15) is 47.4 Å². The molecule has 0 atom stereocenters. The van der Waals surface area contributed by atoms with Crippen LogP contribution in [0.2, 0.25) is 0 Å². The summed E-state index contributed by atoms with van der Waals surface area (Å²) < 4.78 is 4.20. The van der Waals surface area contributed by atoms with Crippen LogP contribution >= 0.6 is 0 Å². The van der Waals surface area contributed by atoms with Gasteiger partial charge in [0.1, 0.15) is 0 Å². The van der Waals surface area contributed by atoms with E-state index in [-0.39, 0.29) is 11.4 Å². The Kier molecular flexibility index (Phi) is 13.6. The Hall–Kier alpha value is -14.6. The normalized spacial score (nSPS) is 10.7. The van der Waals surface area contributed by atoms with Gasteiger partial charge in [0.2, 0.25) is 0 Å². The molecule has 3 aromatic heterocycles. The maximum absolute atomic E-state index is 11.7. The van der Waals surface area contributed by atoms with Gasteiger partial charge in [0.15, 0.2) is 17.5 Å². The molecule has 0 radical (unpaired) electrons. The molecule has 0 spiro atoms. The first-order chi connectivity index (χ1) is 45.1. The maximum atomic E-state index is 11.7. The van der Waals surface area contributed by atoms with Gasteiger partial charge in [-0.05, 0) is 178 Å². The zero-order valence-corrected chi connectivity index (χ0v) is 48.0. The van der Waals surface area contributed by atoms with E-state index in [1.165, 1.54) is 24.3 Å². The van der Waals surface area contributed by atoms with Crippen LogP contribution in [0.25, 0.3) is 134 Å². The molecule has 14 nitrogen and oxygen atoms in total. The van der Waals surface area contributed by atoms with E-state index in [1.807, 2.05) is 146 Å². The van der Waals surface area contributed by atoms with Crippen molar-refractivity contribution in [2.24, 2.45) is 0 Å². The van der Waals surface area contributed by atoms with Gasteiger partial charge in [0.25, 0.3) is 0 Å². The number of nitrogens with zero attached hydrogens (tertiary/aromatic N) is 14. The molecule has 14 rings (SSSR count). The van der Waals surface area contributed by atoms with Crippen molar-refractivity contribution in [3.63, 3.8) is 0 Å². The Labute approximate surface area is 525 Å². The summed E-state index contributed by atoms with van der Waals surface area (Å²) in [5, 5.41) is 95.7. The Morgan fingerprint density at radius 2 is 0.500 bits per heavy atom. The summed E-state index contributed by atoms with van der Waals surface area (Å²) in [7, 11) is 0. The topological polar surface area (TPSA) is 263 Å². The zero-order chi connectivity index (χ0) is 63.1. The van der Waals surface area contributed by atoms with E-state index >= 15 is 0 Å². The molecular weight excluding hydrogens is 1130 g/mol. The van der Waals surface area contributed by atoms with Crippen LogP contribution in [-0.2, 0) is 0 Å². The number of hydrogen-bond acceptors (Lipinski definition) is 12. The maximum Gasteiger partial charge on any atom is 0.165 e. The monoisotopic (exact) mass is 1170 g/mol. The fourth-order valence-electron chi connectivity index (χ4n) is 12.1. The van der Waals surface area contributed by atoms with Crippen LogP contribution < -0.4 is 0 Å². The highest BCUT2D eigenvalue weighted by Crippen LogP contribution is 2.45. The van der Waals surface area contributed by atoms with Gasteiger partial charge in [0, 0.05) is 38.2 Å². The lowest BCUT2D eigenvalue weighted by Gasteiger charge is -2.20. The third kappa shape index (κ3) is 9.71. The number of aromatic nitrogens is 5. The zero-order valence-electron chi connectivity index (χ0n) is 48.0. The SMILES string of the molecule is N#Cc1cc(C#N)cc(-c2ccc3c(c2)c2cc(-c4cc(C#N)cc(C#N)c4)ccc2n3-c2cc(C#N)c(-c3nc(-c4ccccc4)nc(-c4ccccc4)n3)cc2-n2c3ccc(-c4cc(C#N)cc(C#N)c4)cc3c3cc(-c4cc(C#N)cc(C#N)c4)ccc32)c1. The molecule has 418 valence electrons. The Morgan fingerprint density at radius 3 is 0.772 bits per heavy atom. The predicted molar refractivity (Wildman–Crippen MR) is 349 cm³/mol. The van der Waals surface area contributed by atoms with Crippen molar-refractivity contribution in [1.82, 2.24) is 24.1 Å². The average molecular weight is 1170 g/mol. The van der Waals surface area contributed by atoms with E-state index in [1.54, 1.807) is 48.5 Å². The molecule has 0 saturated carbocycles. The highest BCUT2D eigenvalue weighted by atomic mass is 15.1. The Balaban J connectivity index is 1.13. The van der Waals surface area contributed by atoms with Crippen LogP contribution in [0.3, 0.4) is 0 Å². The van der Waals surface area contributed by atoms with E-state index in [4.69, 9.17) is 15.0 Å². The molecule has 14 aromatic rings.